The molecule has 0 aliphatic rings. The number of rotatable bonds is 5. The van der Waals surface area contributed by atoms with Crippen molar-refractivity contribution in [3.05, 3.63) is 65.2 Å². The summed E-state index contributed by atoms with van der Waals surface area (Å²) in [6, 6.07) is 15.6. The molecule has 0 spiro atoms. The van der Waals surface area contributed by atoms with Crippen LogP contribution in [0.5, 0.6) is 11.5 Å². The van der Waals surface area contributed by atoms with E-state index >= 15 is 0 Å². The maximum Gasteiger partial charge on any atom is 0.349 e. The third-order valence-corrected chi connectivity index (χ3v) is 3.07. The Morgan fingerprint density at radius 3 is 2.61 bits per heavy atom. The molecule has 0 unspecified atom stereocenters. The van der Waals surface area contributed by atoms with Crippen LogP contribution < -0.4 is 4.74 Å². The van der Waals surface area contributed by atoms with Gasteiger partial charge in [-0.3, -0.25) is 0 Å². The first kappa shape index (κ1) is 16.1. The van der Waals surface area contributed by atoms with E-state index in [1.54, 1.807) is 12.1 Å². The second-order valence-corrected chi connectivity index (χ2v) is 4.66. The van der Waals surface area contributed by atoms with Gasteiger partial charge in [-0.15, -0.1) is 0 Å². The number of methoxy groups -OCH3 is 1. The van der Waals surface area contributed by atoms with Crippen LogP contribution in [0.25, 0.3) is 6.08 Å². The fraction of sp³-hybridized carbons (Fsp3) is 0.111. The average Bonchev–Trinajstić information content (AvgIpc) is 2.58. The fourth-order valence-corrected chi connectivity index (χ4v) is 1.90. The van der Waals surface area contributed by atoms with E-state index in [2.05, 4.69) is 0 Å². The normalized spacial score (nSPS) is 10.7. The molecule has 2 rings (SSSR count). The maximum atomic E-state index is 12.0. The Balaban J connectivity index is 2.10. The molecular weight excluding hydrogens is 294 g/mol. The molecule has 0 fully saturated rings. The van der Waals surface area contributed by atoms with E-state index in [1.165, 1.54) is 19.3 Å². The SMILES string of the molecule is COc1ccc(C=C(C#N)C(=O)OCc2ccccc2)cc1O. The molecule has 0 aromatic heterocycles. The van der Waals surface area contributed by atoms with Gasteiger partial charge < -0.3 is 14.6 Å². The molecular formula is C18H15NO4. The summed E-state index contributed by atoms with van der Waals surface area (Å²) in [4.78, 5) is 12.0. The summed E-state index contributed by atoms with van der Waals surface area (Å²) in [5, 5.41) is 18.8. The lowest BCUT2D eigenvalue weighted by Gasteiger charge is -2.05. The predicted molar refractivity (Wildman–Crippen MR) is 84.5 cm³/mol. The minimum atomic E-state index is -0.716. The van der Waals surface area contributed by atoms with Crippen LogP contribution >= 0.6 is 0 Å². The highest BCUT2D eigenvalue weighted by Gasteiger charge is 2.11. The van der Waals surface area contributed by atoms with E-state index in [9.17, 15) is 9.90 Å². The van der Waals surface area contributed by atoms with E-state index in [0.717, 1.165) is 5.56 Å². The summed E-state index contributed by atoms with van der Waals surface area (Å²) in [5.41, 5.74) is 1.18. The third-order valence-electron chi connectivity index (χ3n) is 3.07. The first-order valence-electron chi connectivity index (χ1n) is 6.84. The summed E-state index contributed by atoms with van der Waals surface area (Å²) in [6.45, 7) is 0.0898. The van der Waals surface area contributed by atoms with Gasteiger partial charge in [0.15, 0.2) is 11.5 Å². The van der Waals surface area contributed by atoms with Crippen LogP contribution in [0.15, 0.2) is 54.1 Å². The largest absolute Gasteiger partial charge is 0.504 e. The Morgan fingerprint density at radius 1 is 1.26 bits per heavy atom. The molecule has 116 valence electrons. The van der Waals surface area contributed by atoms with Crippen LogP contribution in [-0.4, -0.2) is 18.2 Å². The first-order chi connectivity index (χ1) is 11.1. The Bertz CT molecular complexity index is 760. The quantitative estimate of drug-likeness (QED) is 0.521. The Kier molecular flexibility index (Phi) is 5.37. The van der Waals surface area contributed by atoms with Gasteiger partial charge in [-0.2, -0.15) is 5.26 Å². The average molecular weight is 309 g/mol. The molecule has 0 heterocycles. The van der Waals surface area contributed by atoms with Crippen molar-refractivity contribution < 1.29 is 19.4 Å². The van der Waals surface area contributed by atoms with Gasteiger partial charge in [0.25, 0.3) is 0 Å². The highest BCUT2D eigenvalue weighted by Crippen LogP contribution is 2.27. The highest BCUT2D eigenvalue weighted by atomic mass is 16.5. The number of phenolic OH excluding ortho intramolecular Hbond substituents is 1. The van der Waals surface area contributed by atoms with Crippen molar-refractivity contribution in [2.75, 3.05) is 7.11 Å². The van der Waals surface area contributed by atoms with Crippen molar-refractivity contribution in [1.29, 1.82) is 5.26 Å². The number of esters is 1. The molecule has 0 aliphatic carbocycles. The number of benzene rings is 2. The molecule has 0 amide bonds. The number of nitriles is 1. The Morgan fingerprint density at radius 2 is 2.00 bits per heavy atom. The molecule has 0 radical (unpaired) electrons. The molecule has 1 N–H and O–H groups in total. The summed E-state index contributed by atoms with van der Waals surface area (Å²) in [7, 11) is 1.44. The van der Waals surface area contributed by atoms with Crippen LogP contribution in [0.4, 0.5) is 0 Å². The lowest BCUT2D eigenvalue weighted by Crippen LogP contribution is -2.06. The summed E-state index contributed by atoms with van der Waals surface area (Å²) < 4.78 is 10.1. The van der Waals surface area contributed by atoms with Gasteiger partial charge in [0, 0.05) is 0 Å². The van der Waals surface area contributed by atoms with E-state index in [0.29, 0.717) is 11.3 Å². The lowest BCUT2D eigenvalue weighted by molar-refractivity contribution is -0.139. The topological polar surface area (TPSA) is 79.5 Å². The number of carbonyl (C=O) groups excluding carboxylic acids is 1. The third kappa shape index (κ3) is 4.35. The Hall–Kier alpha value is -3.26. The molecule has 23 heavy (non-hydrogen) atoms. The highest BCUT2D eigenvalue weighted by molar-refractivity contribution is 5.97. The molecule has 5 heteroatoms. The van der Waals surface area contributed by atoms with Gasteiger partial charge in [-0.05, 0) is 29.3 Å². The van der Waals surface area contributed by atoms with Crippen molar-refractivity contribution in [1.82, 2.24) is 0 Å². The van der Waals surface area contributed by atoms with Crippen LogP contribution in [0.2, 0.25) is 0 Å². The van der Waals surface area contributed by atoms with Gasteiger partial charge in [-0.25, -0.2) is 4.79 Å². The van der Waals surface area contributed by atoms with E-state index in [1.807, 2.05) is 36.4 Å². The molecule has 0 saturated carbocycles. The second kappa shape index (κ2) is 7.66. The van der Waals surface area contributed by atoms with Crippen molar-refractivity contribution in [2.24, 2.45) is 0 Å². The number of ether oxygens (including phenoxy) is 2. The molecule has 0 saturated heterocycles. The predicted octanol–water partition coefficient (Wildman–Crippen LogP) is 3.05. The van der Waals surface area contributed by atoms with Crippen molar-refractivity contribution >= 4 is 12.0 Å². The molecule has 0 aliphatic heterocycles. The number of hydrogen-bond acceptors (Lipinski definition) is 5. The van der Waals surface area contributed by atoms with E-state index in [4.69, 9.17) is 14.7 Å². The molecule has 0 bridgehead atoms. The molecule has 0 atom stereocenters. The zero-order valence-corrected chi connectivity index (χ0v) is 12.5. The number of hydrogen-bond donors (Lipinski definition) is 1. The maximum absolute atomic E-state index is 12.0. The monoisotopic (exact) mass is 309 g/mol. The van der Waals surface area contributed by atoms with Gasteiger partial charge in [0.05, 0.1) is 7.11 Å². The molecule has 2 aromatic carbocycles. The first-order valence-corrected chi connectivity index (χ1v) is 6.84. The fourth-order valence-electron chi connectivity index (χ4n) is 1.90. The van der Waals surface area contributed by atoms with Gasteiger partial charge in [0.2, 0.25) is 0 Å². The van der Waals surface area contributed by atoms with Gasteiger partial charge in [0.1, 0.15) is 18.2 Å². The smallest absolute Gasteiger partial charge is 0.349 e. The van der Waals surface area contributed by atoms with Crippen LogP contribution in [0.3, 0.4) is 0 Å². The van der Waals surface area contributed by atoms with Gasteiger partial charge in [-0.1, -0.05) is 36.4 Å². The molecule has 2 aromatic rings. The zero-order valence-electron chi connectivity index (χ0n) is 12.5. The second-order valence-electron chi connectivity index (χ2n) is 4.66. The summed E-state index contributed by atoms with van der Waals surface area (Å²) in [6.07, 6.45) is 1.35. The van der Waals surface area contributed by atoms with E-state index in [-0.39, 0.29) is 17.9 Å². The molecule has 5 nitrogen and oxygen atoms in total. The van der Waals surface area contributed by atoms with Crippen molar-refractivity contribution in [3.63, 3.8) is 0 Å². The van der Waals surface area contributed by atoms with Crippen molar-refractivity contribution in [3.8, 4) is 17.6 Å². The number of aromatic hydroxyl groups is 1. The van der Waals surface area contributed by atoms with Gasteiger partial charge >= 0.3 is 5.97 Å². The Labute approximate surface area is 134 Å². The number of carbonyl (C=O) groups is 1. The lowest BCUT2D eigenvalue weighted by atomic mass is 10.1. The minimum Gasteiger partial charge on any atom is -0.504 e. The minimum absolute atomic E-state index is 0.0730. The standard InChI is InChI=1S/C18H15NO4/c1-22-17-8-7-14(10-16(17)20)9-15(11-19)18(21)23-12-13-5-3-2-4-6-13/h2-10,20H,12H2,1H3. The summed E-state index contributed by atoms with van der Waals surface area (Å²) >= 11 is 0. The van der Waals surface area contributed by atoms with Crippen LogP contribution in [0, 0.1) is 11.3 Å². The zero-order chi connectivity index (χ0) is 16.7. The van der Waals surface area contributed by atoms with Crippen LogP contribution in [-0.2, 0) is 16.1 Å². The summed E-state index contributed by atoms with van der Waals surface area (Å²) in [5.74, 6) is -0.477. The van der Waals surface area contributed by atoms with Crippen LogP contribution in [0.1, 0.15) is 11.1 Å². The number of nitrogens with zero attached hydrogens (tertiary/aromatic N) is 1. The van der Waals surface area contributed by atoms with Crippen molar-refractivity contribution in [2.45, 2.75) is 6.61 Å². The van der Waals surface area contributed by atoms with E-state index < -0.39 is 5.97 Å². The number of phenols is 1.